The monoisotopic (exact) mass is 614 g/mol. The van der Waals surface area contributed by atoms with E-state index >= 15 is 0 Å². The molecule has 3 aromatic rings. The number of ether oxygens (including phenoxy) is 2. The number of halogens is 1. The van der Waals surface area contributed by atoms with Gasteiger partial charge in [-0.25, -0.2) is 22.8 Å². The second-order valence-electron chi connectivity index (χ2n) is 12.7. The summed E-state index contributed by atoms with van der Waals surface area (Å²) in [5.74, 6) is 1.29. The lowest BCUT2D eigenvalue weighted by Gasteiger charge is -2.17. The van der Waals surface area contributed by atoms with Gasteiger partial charge < -0.3 is 9.47 Å². The maximum absolute atomic E-state index is 12.9. The van der Waals surface area contributed by atoms with Crippen molar-refractivity contribution in [1.29, 1.82) is 0 Å². The molecule has 42 heavy (non-hydrogen) atoms. The first kappa shape index (κ1) is 30.4. The van der Waals surface area contributed by atoms with Gasteiger partial charge in [-0.3, -0.25) is 4.79 Å². The van der Waals surface area contributed by atoms with Crippen LogP contribution in [0.4, 0.5) is 0 Å². The number of hydrogen-bond acceptors (Lipinski definition) is 7. The number of pyridine rings is 1. The lowest BCUT2D eigenvalue weighted by molar-refractivity contribution is 0.0981. The average Bonchev–Trinajstić information content (AvgIpc) is 3.31. The van der Waals surface area contributed by atoms with E-state index in [0.29, 0.717) is 41.5 Å². The van der Waals surface area contributed by atoms with Crippen LogP contribution in [0.25, 0.3) is 5.82 Å². The number of hydrogen-bond donors (Lipinski definition) is 1. The highest BCUT2D eigenvalue weighted by atomic mass is 35.5. The van der Waals surface area contributed by atoms with E-state index in [1.54, 1.807) is 24.4 Å². The van der Waals surface area contributed by atoms with Gasteiger partial charge in [-0.05, 0) is 105 Å². The zero-order valence-electron chi connectivity index (χ0n) is 24.4. The van der Waals surface area contributed by atoms with Gasteiger partial charge >= 0.3 is 0 Å². The topological polar surface area (TPSA) is 112 Å². The van der Waals surface area contributed by atoms with Crippen molar-refractivity contribution in [2.75, 3.05) is 13.2 Å². The van der Waals surface area contributed by atoms with E-state index in [-0.39, 0.29) is 15.6 Å². The molecule has 2 heterocycles. The van der Waals surface area contributed by atoms with Crippen molar-refractivity contribution >= 4 is 27.5 Å². The highest BCUT2D eigenvalue weighted by Gasteiger charge is 2.36. The highest BCUT2D eigenvalue weighted by Crippen LogP contribution is 2.48. The van der Waals surface area contributed by atoms with Crippen molar-refractivity contribution in [2.24, 2.45) is 16.7 Å². The number of amides is 1. The molecule has 1 amide bonds. The Bertz CT molecular complexity index is 1520. The Hall–Kier alpha value is -3.11. The van der Waals surface area contributed by atoms with E-state index < -0.39 is 15.9 Å². The number of nitrogens with zero attached hydrogens (tertiary/aromatic N) is 3. The van der Waals surface area contributed by atoms with Crippen LogP contribution in [-0.4, -0.2) is 42.3 Å². The Labute approximate surface area is 253 Å². The molecule has 2 aromatic heterocycles. The first-order chi connectivity index (χ1) is 19.9. The third kappa shape index (κ3) is 7.83. The van der Waals surface area contributed by atoms with E-state index in [2.05, 4.69) is 35.6 Å². The molecule has 9 nitrogen and oxygen atoms in total. The third-order valence-electron chi connectivity index (χ3n) is 8.39. The molecular weight excluding hydrogens is 576 g/mol. The molecule has 0 bridgehead atoms. The summed E-state index contributed by atoms with van der Waals surface area (Å²) >= 11 is 6.28. The number of benzene rings is 1. The van der Waals surface area contributed by atoms with Gasteiger partial charge in [-0.2, -0.15) is 0 Å². The summed E-state index contributed by atoms with van der Waals surface area (Å²) in [7, 11) is -4.14. The fraction of sp³-hybridized carbons (Fsp3) is 0.516. The van der Waals surface area contributed by atoms with E-state index in [4.69, 9.17) is 21.1 Å². The van der Waals surface area contributed by atoms with Crippen molar-refractivity contribution in [2.45, 2.75) is 77.0 Å². The Kier molecular flexibility index (Phi) is 8.85. The molecule has 1 unspecified atom stereocenters. The Morgan fingerprint density at radius 1 is 1.05 bits per heavy atom. The molecule has 226 valence electrons. The van der Waals surface area contributed by atoms with Gasteiger partial charge in [0.1, 0.15) is 10.9 Å². The van der Waals surface area contributed by atoms with Crippen LogP contribution in [0, 0.1) is 16.7 Å². The van der Waals surface area contributed by atoms with Gasteiger partial charge in [0.25, 0.3) is 15.9 Å². The summed E-state index contributed by atoms with van der Waals surface area (Å²) in [4.78, 5) is 17.0. The predicted molar refractivity (Wildman–Crippen MR) is 161 cm³/mol. The average molecular weight is 615 g/mol. The van der Waals surface area contributed by atoms with Crippen molar-refractivity contribution in [1.82, 2.24) is 19.5 Å². The molecule has 2 aliphatic carbocycles. The number of aromatic nitrogens is 3. The predicted octanol–water partition coefficient (Wildman–Crippen LogP) is 6.59. The Morgan fingerprint density at radius 2 is 1.81 bits per heavy atom. The maximum atomic E-state index is 12.9. The first-order valence-electron chi connectivity index (χ1n) is 14.6. The van der Waals surface area contributed by atoms with Crippen LogP contribution in [-0.2, 0) is 10.0 Å². The summed E-state index contributed by atoms with van der Waals surface area (Å²) < 4.78 is 40.9. The molecular formula is C31H39ClN4O5S. The highest BCUT2D eigenvalue weighted by molar-refractivity contribution is 7.90. The van der Waals surface area contributed by atoms with Crippen LogP contribution in [0.3, 0.4) is 0 Å². The van der Waals surface area contributed by atoms with Gasteiger partial charge in [0, 0.05) is 12.3 Å². The van der Waals surface area contributed by atoms with Crippen molar-refractivity contribution in [3.8, 4) is 17.4 Å². The second kappa shape index (κ2) is 12.2. The molecule has 2 aliphatic rings. The summed E-state index contributed by atoms with van der Waals surface area (Å²) in [6, 6.07) is 10.7. The summed E-state index contributed by atoms with van der Waals surface area (Å²) in [5, 5.41) is 4.21. The van der Waals surface area contributed by atoms with E-state index in [9.17, 15) is 13.2 Å². The molecule has 2 fully saturated rings. The van der Waals surface area contributed by atoms with E-state index in [1.807, 2.05) is 0 Å². The maximum Gasteiger partial charge on any atom is 0.268 e. The number of carbonyl (C=O) groups is 1. The zero-order chi connectivity index (χ0) is 30.0. The number of sulfonamides is 1. The zero-order valence-corrected chi connectivity index (χ0v) is 26.0. The first-order valence-corrected chi connectivity index (χ1v) is 16.4. The molecule has 11 heteroatoms. The molecule has 1 N–H and O–H groups in total. The van der Waals surface area contributed by atoms with Crippen molar-refractivity contribution in [3.63, 3.8) is 0 Å². The molecule has 1 aromatic carbocycles. The minimum atomic E-state index is -4.14. The largest absolute Gasteiger partial charge is 0.494 e. The fourth-order valence-corrected chi connectivity index (χ4v) is 6.64. The van der Waals surface area contributed by atoms with Gasteiger partial charge in [-0.15, -0.1) is 5.10 Å². The van der Waals surface area contributed by atoms with E-state index in [0.717, 1.165) is 25.2 Å². The van der Waals surface area contributed by atoms with Gasteiger partial charge in [0.2, 0.25) is 5.88 Å². The third-order valence-corrected chi connectivity index (χ3v) is 10.0. The molecule has 5 rings (SSSR count). The molecule has 0 radical (unpaired) electrons. The van der Waals surface area contributed by atoms with Crippen LogP contribution in [0.1, 0.15) is 82.5 Å². The second-order valence-corrected chi connectivity index (χ2v) is 14.7. The molecule has 0 saturated heterocycles. The van der Waals surface area contributed by atoms with Gasteiger partial charge in [-0.1, -0.05) is 32.4 Å². The lowest BCUT2D eigenvalue weighted by atomic mass is 9.89. The summed E-state index contributed by atoms with van der Waals surface area (Å²) in [5.41, 5.74) is 0.767. The van der Waals surface area contributed by atoms with Crippen LogP contribution in [0.2, 0.25) is 5.15 Å². The number of rotatable bonds is 13. The van der Waals surface area contributed by atoms with Gasteiger partial charge in [0.05, 0.1) is 23.7 Å². The molecule has 0 aliphatic heterocycles. The smallest absolute Gasteiger partial charge is 0.268 e. The van der Waals surface area contributed by atoms with Gasteiger partial charge in [0.15, 0.2) is 5.82 Å². The van der Waals surface area contributed by atoms with Crippen molar-refractivity contribution in [3.05, 3.63) is 59.4 Å². The lowest BCUT2D eigenvalue weighted by Crippen LogP contribution is -2.31. The summed E-state index contributed by atoms with van der Waals surface area (Å²) in [6.45, 7) is 8.06. The van der Waals surface area contributed by atoms with Crippen LogP contribution < -0.4 is 14.2 Å². The molecule has 2 saturated carbocycles. The quantitative estimate of drug-likeness (QED) is 0.171. The standard InChI is InChI=1S/C31H39ClN4O5S/c1-30(2)14-12-22(21-30)5-4-19-40-23-6-8-24(9-7-23)42(38,39)35-29(37)25-10-11-26(33-28(25)32)36-18-13-27(34-36)41-20-17-31(3)15-16-31/h6-11,13,18,22H,4-5,12,14-17,19-21H2,1-3H3,(H,35,37). The minimum Gasteiger partial charge on any atom is -0.494 e. The Morgan fingerprint density at radius 3 is 2.48 bits per heavy atom. The van der Waals surface area contributed by atoms with Crippen molar-refractivity contribution < 1.29 is 22.7 Å². The summed E-state index contributed by atoms with van der Waals surface area (Å²) in [6.07, 6.45) is 11.0. The van der Waals surface area contributed by atoms with E-state index in [1.165, 1.54) is 61.1 Å². The number of nitrogens with one attached hydrogen (secondary N) is 1. The molecule has 0 spiro atoms. The SMILES string of the molecule is CC1(C)CCC(CCCOc2ccc(S(=O)(=O)NC(=O)c3ccc(-n4ccc(OCCC5(C)CC5)n4)nc3Cl)cc2)C1. The number of carbonyl (C=O) groups excluding carboxylic acids is 1. The fourth-order valence-electron chi connectivity index (χ4n) is 5.44. The molecule has 1 atom stereocenters. The normalized spacial score (nSPS) is 18.9. The van der Waals surface area contributed by atoms with Crippen LogP contribution in [0.5, 0.6) is 11.6 Å². The minimum absolute atomic E-state index is 0.0585. The Balaban J connectivity index is 1.12. The van der Waals surface area contributed by atoms with Crippen LogP contribution in [0.15, 0.2) is 53.6 Å². The van der Waals surface area contributed by atoms with Crippen LogP contribution >= 0.6 is 11.6 Å².